The lowest BCUT2D eigenvalue weighted by atomic mass is 9.91. The van der Waals surface area contributed by atoms with Crippen LogP contribution in [0.2, 0.25) is 0 Å². The number of carbonyl (C=O) groups is 2. The van der Waals surface area contributed by atoms with Gasteiger partial charge in [0.2, 0.25) is 11.9 Å². The number of nitrogens with zero attached hydrogens (tertiary/aromatic N) is 4. The molecule has 0 saturated heterocycles. The van der Waals surface area contributed by atoms with E-state index in [0.717, 1.165) is 57.1 Å². The number of anilines is 3. The normalized spacial score (nSPS) is 13.9. The smallest absolute Gasteiger partial charge is 0.259 e. The highest BCUT2D eigenvalue weighted by Gasteiger charge is 2.30. The maximum atomic E-state index is 12.8. The average Bonchev–Trinajstić information content (AvgIpc) is 3.44. The summed E-state index contributed by atoms with van der Waals surface area (Å²) in [5, 5.41) is 3.31. The van der Waals surface area contributed by atoms with Crippen molar-refractivity contribution in [2.75, 3.05) is 50.8 Å². The molecule has 36 heavy (non-hydrogen) atoms. The van der Waals surface area contributed by atoms with Crippen LogP contribution in [0.15, 0.2) is 22.5 Å². The Morgan fingerprint density at radius 2 is 2.06 bits per heavy atom. The van der Waals surface area contributed by atoms with Crippen LogP contribution in [0.5, 0.6) is 5.75 Å². The molecule has 2 aromatic heterocycles. The monoisotopic (exact) mass is 524 g/mol. The largest absolute Gasteiger partial charge is 0.495 e. The molecular formula is C25H28N6O3S2. The Morgan fingerprint density at radius 1 is 1.25 bits per heavy atom. The Morgan fingerprint density at radius 3 is 2.75 bits per heavy atom. The summed E-state index contributed by atoms with van der Waals surface area (Å²) in [7, 11) is 5.40. The topological polar surface area (TPSA) is 114 Å². The first kappa shape index (κ1) is 24.5. The highest BCUT2D eigenvalue weighted by molar-refractivity contribution is 8.00. The molecule has 2 aliphatic rings. The summed E-state index contributed by atoms with van der Waals surface area (Å²) in [5.74, 6) is 0.736. The number of nitrogens with two attached hydrogens (primary N) is 1. The predicted molar refractivity (Wildman–Crippen MR) is 144 cm³/mol. The zero-order valence-corrected chi connectivity index (χ0v) is 22.3. The van der Waals surface area contributed by atoms with Crippen molar-refractivity contribution in [1.29, 1.82) is 0 Å². The number of aryl methyl sites for hydroxylation is 1. The number of primary amides is 1. The van der Waals surface area contributed by atoms with Crippen molar-refractivity contribution >= 4 is 52.2 Å². The second kappa shape index (κ2) is 9.72. The van der Waals surface area contributed by atoms with Crippen LogP contribution in [0.1, 0.15) is 26.4 Å². The highest BCUT2D eigenvalue weighted by atomic mass is 32.2. The summed E-state index contributed by atoms with van der Waals surface area (Å²) >= 11 is 3.02. The minimum absolute atomic E-state index is 0.0553. The third-order valence-electron chi connectivity index (χ3n) is 6.42. The molecule has 3 heterocycles. The zero-order valence-electron chi connectivity index (χ0n) is 20.7. The van der Waals surface area contributed by atoms with Gasteiger partial charge >= 0.3 is 0 Å². The van der Waals surface area contributed by atoms with Gasteiger partial charge < -0.3 is 25.6 Å². The van der Waals surface area contributed by atoms with Gasteiger partial charge in [0.1, 0.15) is 5.75 Å². The molecule has 1 aromatic carbocycles. The lowest BCUT2D eigenvalue weighted by molar-refractivity contribution is -0.119. The number of aromatic nitrogens is 2. The maximum Gasteiger partial charge on any atom is 0.259 e. The number of ether oxygens (including phenoxy) is 1. The first-order chi connectivity index (χ1) is 17.3. The Kier molecular flexibility index (Phi) is 6.62. The van der Waals surface area contributed by atoms with Crippen LogP contribution in [-0.4, -0.2) is 67.2 Å². The fourth-order valence-electron chi connectivity index (χ4n) is 4.81. The zero-order chi connectivity index (χ0) is 25.6. The molecule has 1 aliphatic carbocycles. The summed E-state index contributed by atoms with van der Waals surface area (Å²) < 4.78 is 6.68. The average molecular weight is 525 g/mol. The number of benzene rings is 1. The van der Waals surface area contributed by atoms with Gasteiger partial charge in [-0.1, -0.05) is 0 Å². The number of hydrogen-bond donors (Lipinski definition) is 2. The van der Waals surface area contributed by atoms with E-state index in [9.17, 15) is 9.59 Å². The minimum Gasteiger partial charge on any atom is -0.495 e. The van der Waals surface area contributed by atoms with Gasteiger partial charge in [0.05, 0.1) is 34.1 Å². The van der Waals surface area contributed by atoms with Crippen LogP contribution < -0.4 is 20.7 Å². The number of nitrogens with one attached hydrogen (secondary N) is 1. The molecular weight excluding hydrogens is 496 g/mol. The molecule has 11 heteroatoms. The number of thioether (sulfide) groups is 1. The molecule has 3 aromatic rings. The molecule has 0 atom stereocenters. The predicted octanol–water partition coefficient (Wildman–Crippen LogP) is 3.33. The Bertz CT molecular complexity index is 1370. The summed E-state index contributed by atoms with van der Waals surface area (Å²) in [6.45, 7) is 0.987. The molecule has 0 spiro atoms. The fourth-order valence-corrected chi connectivity index (χ4v) is 6.75. The number of amides is 2. The van der Waals surface area contributed by atoms with Gasteiger partial charge in [-0.2, -0.15) is 0 Å². The van der Waals surface area contributed by atoms with Crippen LogP contribution in [0.4, 0.5) is 17.3 Å². The third kappa shape index (κ3) is 4.31. The lowest BCUT2D eigenvalue weighted by Crippen LogP contribution is -2.36. The van der Waals surface area contributed by atoms with Crippen molar-refractivity contribution in [2.24, 2.45) is 5.73 Å². The summed E-state index contributed by atoms with van der Waals surface area (Å²) in [4.78, 5) is 38.6. The van der Waals surface area contributed by atoms with Crippen molar-refractivity contribution in [3.63, 3.8) is 0 Å². The van der Waals surface area contributed by atoms with Crippen LogP contribution in [0.3, 0.4) is 0 Å². The van der Waals surface area contributed by atoms with E-state index in [4.69, 9.17) is 15.5 Å². The molecule has 9 nitrogen and oxygen atoms in total. The fraction of sp³-hybridized carbons (Fsp3) is 0.360. The SMILES string of the molecule is COc1cc2c(cc1Nc1ncc3c(n1)-c1c(SC)sc(C(N)=O)c1CC3)N(C(=O)CN(C)C)CC2. The second-order valence-electron chi connectivity index (χ2n) is 9.05. The van der Waals surface area contributed by atoms with E-state index in [1.807, 2.05) is 48.5 Å². The number of thiophene rings is 1. The van der Waals surface area contributed by atoms with Gasteiger partial charge in [0.25, 0.3) is 5.91 Å². The van der Waals surface area contributed by atoms with E-state index in [0.29, 0.717) is 35.4 Å². The molecule has 0 fully saturated rings. The van der Waals surface area contributed by atoms with Gasteiger partial charge in [-0.25, -0.2) is 9.97 Å². The number of rotatable bonds is 7. The first-order valence-electron chi connectivity index (χ1n) is 11.6. The molecule has 0 bridgehead atoms. The van der Waals surface area contributed by atoms with Gasteiger partial charge in [-0.3, -0.25) is 9.59 Å². The Balaban J connectivity index is 1.52. The quantitative estimate of drug-likeness (QED) is 0.453. The molecule has 2 amide bonds. The molecule has 5 rings (SSSR count). The van der Waals surface area contributed by atoms with Crippen LogP contribution >= 0.6 is 23.1 Å². The standard InChI is InChI=1S/C25H28N6O3S2/c1-30(2)12-19(32)31-8-7-13-9-18(34-3)16(10-17(13)31)28-25-27-11-14-5-6-15-20(21(14)29-25)24(35-4)36-22(15)23(26)33/h9-11H,5-8,12H2,1-4H3,(H2,26,33)(H,27,28,29). The van der Waals surface area contributed by atoms with Crippen LogP contribution in [0.25, 0.3) is 11.3 Å². The van der Waals surface area contributed by atoms with Crippen molar-refractivity contribution in [2.45, 2.75) is 23.5 Å². The van der Waals surface area contributed by atoms with Crippen molar-refractivity contribution < 1.29 is 14.3 Å². The number of hydrogen-bond acceptors (Lipinski definition) is 9. The number of carbonyl (C=O) groups excluding carboxylic acids is 2. The maximum absolute atomic E-state index is 12.8. The van der Waals surface area contributed by atoms with E-state index in [1.165, 1.54) is 11.3 Å². The van der Waals surface area contributed by atoms with Gasteiger partial charge in [0.15, 0.2) is 0 Å². The highest BCUT2D eigenvalue weighted by Crippen LogP contribution is 2.46. The number of methoxy groups -OCH3 is 1. The summed E-state index contributed by atoms with van der Waals surface area (Å²) in [6.07, 6.45) is 6.10. The lowest BCUT2D eigenvalue weighted by Gasteiger charge is -2.21. The summed E-state index contributed by atoms with van der Waals surface area (Å²) in [5.41, 5.74) is 12.1. The van der Waals surface area contributed by atoms with Gasteiger partial charge in [0, 0.05) is 24.0 Å². The number of fused-ring (bicyclic) bond motifs is 4. The van der Waals surface area contributed by atoms with Crippen LogP contribution in [0, 0.1) is 0 Å². The molecule has 1 aliphatic heterocycles. The molecule has 188 valence electrons. The van der Waals surface area contributed by atoms with E-state index < -0.39 is 5.91 Å². The van der Waals surface area contributed by atoms with E-state index in [1.54, 1.807) is 18.9 Å². The molecule has 0 radical (unpaired) electrons. The minimum atomic E-state index is -0.399. The Labute approximate surface area is 218 Å². The van der Waals surface area contributed by atoms with Crippen molar-refractivity contribution in [1.82, 2.24) is 14.9 Å². The summed E-state index contributed by atoms with van der Waals surface area (Å²) in [6, 6.07) is 3.91. The van der Waals surface area contributed by atoms with Crippen LogP contribution in [-0.2, 0) is 24.1 Å². The van der Waals surface area contributed by atoms with Gasteiger partial charge in [-0.05, 0) is 68.4 Å². The van der Waals surface area contributed by atoms with Gasteiger partial charge in [-0.15, -0.1) is 23.1 Å². The van der Waals surface area contributed by atoms with E-state index in [2.05, 4.69) is 10.3 Å². The molecule has 3 N–H and O–H groups in total. The second-order valence-corrected chi connectivity index (χ2v) is 11.1. The Hall–Kier alpha value is -3.15. The molecule has 0 saturated carbocycles. The molecule has 0 unspecified atom stereocenters. The van der Waals surface area contributed by atoms with E-state index in [-0.39, 0.29) is 5.91 Å². The number of likely N-dealkylation sites (N-methyl/N-ethyl adjacent to an activating group) is 1. The first-order valence-corrected chi connectivity index (χ1v) is 13.6. The third-order valence-corrected chi connectivity index (χ3v) is 8.79. The van der Waals surface area contributed by atoms with Crippen molar-refractivity contribution in [3.8, 4) is 17.0 Å². The van der Waals surface area contributed by atoms with E-state index >= 15 is 0 Å². The van der Waals surface area contributed by atoms with Crippen molar-refractivity contribution in [3.05, 3.63) is 39.9 Å².